The second-order valence-electron chi connectivity index (χ2n) is 8.14. The molecule has 0 saturated heterocycles. The summed E-state index contributed by atoms with van der Waals surface area (Å²) >= 11 is 3.95. The van der Waals surface area contributed by atoms with Crippen molar-refractivity contribution in [3.8, 4) is 0 Å². The third-order valence-electron chi connectivity index (χ3n) is 6.14. The smallest absolute Gasteiger partial charge is 0.248 e. The molecule has 4 aliphatic carbocycles. The van der Waals surface area contributed by atoms with Crippen LogP contribution >= 0.6 is 15.9 Å². The lowest BCUT2D eigenvalue weighted by atomic mass is 9.49. The molecule has 5 heteroatoms. The molecule has 4 nitrogen and oxygen atoms in total. The number of carbonyl (C=O) groups excluding carboxylic acids is 2. The Morgan fingerprint density at radius 3 is 2.54 bits per heavy atom. The summed E-state index contributed by atoms with van der Waals surface area (Å²) in [5.41, 5.74) is 6.52. The highest BCUT2D eigenvalue weighted by Gasteiger charge is 2.59. The maximum absolute atomic E-state index is 13.0. The molecule has 4 saturated carbocycles. The van der Waals surface area contributed by atoms with Crippen LogP contribution in [0.5, 0.6) is 0 Å². The van der Waals surface area contributed by atoms with Crippen LogP contribution in [0.2, 0.25) is 0 Å². The fourth-order valence-electron chi connectivity index (χ4n) is 5.62. The van der Waals surface area contributed by atoms with E-state index >= 15 is 0 Å². The Balaban J connectivity index is 1.47. The highest BCUT2D eigenvalue weighted by atomic mass is 79.9. The zero-order valence-electron chi connectivity index (χ0n) is 13.7. The maximum atomic E-state index is 13.0. The zero-order valence-corrected chi connectivity index (χ0v) is 15.3. The first-order valence-electron chi connectivity index (χ1n) is 8.74. The Labute approximate surface area is 150 Å². The summed E-state index contributed by atoms with van der Waals surface area (Å²) in [6.07, 6.45) is 6.76. The molecule has 0 radical (unpaired) electrons. The minimum absolute atomic E-state index is 0.181. The van der Waals surface area contributed by atoms with Gasteiger partial charge in [0.25, 0.3) is 0 Å². The van der Waals surface area contributed by atoms with Gasteiger partial charge in [0.15, 0.2) is 0 Å². The molecule has 24 heavy (non-hydrogen) atoms. The van der Waals surface area contributed by atoms with Gasteiger partial charge < -0.3 is 11.1 Å². The van der Waals surface area contributed by atoms with Crippen LogP contribution in [0.15, 0.2) is 24.3 Å². The summed E-state index contributed by atoms with van der Waals surface area (Å²) in [4.78, 5) is 24.3. The van der Waals surface area contributed by atoms with Gasteiger partial charge >= 0.3 is 0 Å². The Morgan fingerprint density at radius 1 is 1.21 bits per heavy atom. The molecule has 4 bridgehead atoms. The Morgan fingerprint density at radius 2 is 1.92 bits per heavy atom. The highest BCUT2D eigenvalue weighted by Crippen LogP contribution is 2.64. The fourth-order valence-corrected chi connectivity index (χ4v) is 7.07. The minimum atomic E-state index is -0.439. The van der Waals surface area contributed by atoms with Gasteiger partial charge in [0.2, 0.25) is 11.8 Å². The van der Waals surface area contributed by atoms with Crippen molar-refractivity contribution in [3.05, 3.63) is 35.4 Å². The maximum Gasteiger partial charge on any atom is 0.248 e. The molecule has 4 aliphatic rings. The van der Waals surface area contributed by atoms with E-state index in [1.54, 1.807) is 18.2 Å². The Hall–Kier alpha value is -1.36. The van der Waals surface area contributed by atoms with Gasteiger partial charge in [0, 0.05) is 16.4 Å². The van der Waals surface area contributed by atoms with E-state index in [1.807, 2.05) is 6.07 Å². The molecule has 2 amide bonds. The molecule has 1 aromatic carbocycles. The van der Waals surface area contributed by atoms with Crippen LogP contribution in [0.1, 0.15) is 54.4 Å². The second kappa shape index (κ2) is 5.58. The number of amides is 2. The molecule has 5 rings (SSSR count). The predicted molar refractivity (Wildman–Crippen MR) is 95.6 cm³/mol. The van der Waals surface area contributed by atoms with Crippen LogP contribution in [-0.4, -0.2) is 16.1 Å². The summed E-state index contributed by atoms with van der Waals surface area (Å²) in [5, 5.41) is 3.13. The lowest BCUT2D eigenvalue weighted by Gasteiger charge is -2.59. The van der Waals surface area contributed by atoms with Crippen LogP contribution in [-0.2, 0) is 11.3 Å². The minimum Gasteiger partial charge on any atom is -0.366 e. The van der Waals surface area contributed by atoms with Crippen molar-refractivity contribution in [1.82, 2.24) is 5.32 Å². The van der Waals surface area contributed by atoms with E-state index in [1.165, 1.54) is 19.3 Å². The van der Waals surface area contributed by atoms with Crippen molar-refractivity contribution in [2.24, 2.45) is 23.0 Å². The molecule has 0 aromatic heterocycles. The van der Waals surface area contributed by atoms with E-state index in [2.05, 4.69) is 21.2 Å². The molecule has 0 aliphatic heterocycles. The zero-order chi connectivity index (χ0) is 16.9. The van der Waals surface area contributed by atoms with E-state index in [0.29, 0.717) is 23.9 Å². The molecule has 4 fully saturated rings. The van der Waals surface area contributed by atoms with E-state index in [9.17, 15) is 9.59 Å². The number of nitrogens with one attached hydrogen (secondary N) is 1. The Kier molecular flexibility index (Phi) is 3.75. The lowest BCUT2D eigenvalue weighted by Crippen LogP contribution is -2.58. The van der Waals surface area contributed by atoms with Gasteiger partial charge in [-0.25, -0.2) is 0 Å². The number of hydrogen-bond acceptors (Lipinski definition) is 2. The summed E-state index contributed by atoms with van der Waals surface area (Å²) < 4.78 is 0.181. The highest BCUT2D eigenvalue weighted by molar-refractivity contribution is 9.10. The SMILES string of the molecule is NC(=O)c1cccc(CNC(=O)C23CC4CC(CC(Br)(C4)C2)C3)c1. The van der Waals surface area contributed by atoms with Gasteiger partial charge in [-0.2, -0.15) is 0 Å². The quantitative estimate of drug-likeness (QED) is 0.775. The average molecular weight is 391 g/mol. The first-order chi connectivity index (χ1) is 11.4. The summed E-state index contributed by atoms with van der Waals surface area (Å²) in [7, 11) is 0. The monoisotopic (exact) mass is 390 g/mol. The number of halogens is 1. The topological polar surface area (TPSA) is 72.2 Å². The van der Waals surface area contributed by atoms with Crippen LogP contribution in [0.4, 0.5) is 0 Å². The summed E-state index contributed by atoms with van der Waals surface area (Å²) in [6, 6.07) is 7.17. The van der Waals surface area contributed by atoms with Crippen molar-refractivity contribution < 1.29 is 9.59 Å². The number of alkyl halides is 1. The van der Waals surface area contributed by atoms with Crippen LogP contribution in [0, 0.1) is 17.3 Å². The molecule has 2 atom stereocenters. The third kappa shape index (κ3) is 2.77. The van der Waals surface area contributed by atoms with Crippen LogP contribution in [0.25, 0.3) is 0 Å². The molecular formula is C19H23BrN2O2. The van der Waals surface area contributed by atoms with Gasteiger partial charge in [-0.3, -0.25) is 9.59 Å². The number of carbonyl (C=O) groups is 2. The fraction of sp³-hybridized carbons (Fsp3) is 0.579. The lowest BCUT2D eigenvalue weighted by molar-refractivity contribution is -0.144. The van der Waals surface area contributed by atoms with Crippen LogP contribution < -0.4 is 11.1 Å². The molecular weight excluding hydrogens is 368 g/mol. The molecule has 0 heterocycles. The predicted octanol–water partition coefficient (Wildman–Crippen LogP) is 3.14. The number of primary amides is 1. The number of benzene rings is 1. The van der Waals surface area contributed by atoms with Crippen LogP contribution in [0.3, 0.4) is 0 Å². The Bertz CT molecular complexity index is 688. The molecule has 0 spiro atoms. The first kappa shape index (κ1) is 16.1. The van der Waals surface area contributed by atoms with Crippen molar-refractivity contribution in [2.75, 3.05) is 0 Å². The normalized spacial score (nSPS) is 36.5. The number of hydrogen-bond donors (Lipinski definition) is 2. The van der Waals surface area contributed by atoms with Gasteiger partial charge in [0.1, 0.15) is 0 Å². The van der Waals surface area contributed by atoms with Crippen molar-refractivity contribution >= 4 is 27.7 Å². The molecule has 2 unspecified atom stereocenters. The van der Waals surface area contributed by atoms with Gasteiger partial charge in [-0.1, -0.05) is 28.1 Å². The largest absolute Gasteiger partial charge is 0.366 e. The number of rotatable bonds is 4. The molecule has 128 valence electrons. The van der Waals surface area contributed by atoms with E-state index in [0.717, 1.165) is 24.8 Å². The van der Waals surface area contributed by atoms with E-state index < -0.39 is 5.91 Å². The van der Waals surface area contributed by atoms with Gasteiger partial charge in [0.05, 0.1) is 5.41 Å². The summed E-state index contributed by atoms with van der Waals surface area (Å²) in [6.45, 7) is 0.451. The second-order valence-corrected chi connectivity index (χ2v) is 9.82. The third-order valence-corrected chi connectivity index (χ3v) is 7.06. The average Bonchev–Trinajstić information content (AvgIpc) is 2.50. The van der Waals surface area contributed by atoms with Crippen molar-refractivity contribution in [3.63, 3.8) is 0 Å². The van der Waals surface area contributed by atoms with Gasteiger partial charge in [-0.05, 0) is 68.1 Å². The van der Waals surface area contributed by atoms with E-state index in [4.69, 9.17) is 5.73 Å². The number of nitrogens with two attached hydrogens (primary N) is 1. The van der Waals surface area contributed by atoms with Crippen molar-refractivity contribution in [2.45, 2.75) is 49.4 Å². The van der Waals surface area contributed by atoms with Gasteiger partial charge in [-0.15, -0.1) is 0 Å². The van der Waals surface area contributed by atoms with E-state index in [-0.39, 0.29) is 15.6 Å². The molecule has 3 N–H and O–H groups in total. The standard InChI is InChI=1S/C19H23BrN2O2/c20-19-8-13-4-14(9-19)7-18(6-13,11-19)17(24)22-10-12-2-1-3-15(5-12)16(21)23/h1-3,5,13-14H,4,6-11H2,(H2,21,23)(H,22,24). The molecule has 1 aromatic rings. The summed E-state index contributed by atoms with van der Waals surface area (Å²) in [5.74, 6) is 1.12. The first-order valence-corrected chi connectivity index (χ1v) is 9.53. The van der Waals surface area contributed by atoms with Crippen molar-refractivity contribution in [1.29, 1.82) is 0 Å².